The second-order valence-corrected chi connectivity index (χ2v) is 7.89. The number of anilines is 1. The first-order valence-corrected chi connectivity index (χ1v) is 10.8. The Morgan fingerprint density at radius 3 is 1.97 bits per heavy atom. The number of thiocarbonyl (C=S) groups is 1. The molecule has 0 unspecified atom stereocenters. The van der Waals surface area contributed by atoms with E-state index in [2.05, 4.69) is 53.5 Å². The Kier molecular flexibility index (Phi) is 7.90. The number of ether oxygens (including phenoxy) is 2. The van der Waals surface area contributed by atoms with Gasteiger partial charge >= 0.3 is 0 Å². The first-order valence-electron chi connectivity index (χ1n) is 10.4. The molecule has 0 saturated carbocycles. The van der Waals surface area contributed by atoms with Gasteiger partial charge in [0.05, 0.1) is 19.9 Å². The van der Waals surface area contributed by atoms with Gasteiger partial charge in [0.15, 0.2) is 5.11 Å². The highest BCUT2D eigenvalue weighted by Crippen LogP contribution is 2.26. The number of benzene rings is 3. The summed E-state index contributed by atoms with van der Waals surface area (Å²) in [4.78, 5) is 2.16. The van der Waals surface area contributed by atoms with E-state index in [1.54, 1.807) is 14.2 Å². The topological polar surface area (TPSA) is 33.7 Å². The minimum Gasteiger partial charge on any atom is -0.497 e. The Morgan fingerprint density at radius 2 is 1.42 bits per heavy atom. The summed E-state index contributed by atoms with van der Waals surface area (Å²) in [6, 6.07) is 22.9. The van der Waals surface area contributed by atoms with Crippen molar-refractivity contribution < 1.29 is 9.47 Å². The molecule has 1 N–H and O–H groups in total. The number of hydrogen-bond acceptors (Lipinski definition) is 3. The lowest BCUT2D eigenvalue weighted by atomic mass is 10.1. The number of hydrogen-bond donors (Lipinski definition) is 1. The van der Waals surface area contributed by atoms with Crippen molar-refractivity contribution >= 4 is 23.0 Å². The minimum absolute atomic E-state index is 0.650. The second kappa shape index (κ2) is 10.8. The highest BCUT2D eigenvalue weighted by molar-refractivity contribution is 7.80. The van der Waals surface area contributed by atoms with Crippen LogP contribution in [0.1, 0.15) is 29.2 Å². The van der Waals surface area contributed by atoms with Crippen molar-refractivity contribution in [1.82, 2.24) is 4.90 Å². The van der Waals surface area contributed by atoms with Gasteiger partial charge in [-0.15, -0.1) is 0 Å². The highest BCUT2D eigenvalue weighted by atomic mass is 32.1. The summed E-state index contributed by atoms with van der Waals surface area (Å²) in [6.07, 6.45) is 1.03. The van der Waals surface area contributed by atoms with Gasteiger partial charge in [-0.1, -0.05) is 49.4 Å². The summed E-state index contributed by atoms with van der Waals surface area (Å²) in [5, 5.41) is 4.03. The Morgan fingerprint density at radius 1 is 0.839 bits per heavy atom. The molecule has 0 radical (unpaired) electrons. The lowest BCUT2D eigenvalue weighted by Crippen LogP contribution is -2.34. The molecule has 0 aromatic heterocycles. The van der Waals surface area contributed by atoms with Gasteiger partial charge in [-0.25, -0.2) is 0 Å². The van der Waals surface area contributed by atoms with Crippen LogP contribution in [0.25, 0.3) is 0 Å². The monoisotopic (exact) mass is 434 g/mol. The molecule has 5 heteroatoms. The van der Waals surface area contributed by atoms with E-state index in [1.807, 2.05) is 37.3 Å². The molecule has 0 spiro atoms. The zero-order chi connectivity index (χ0) is 22.2. The fraction of sp³-hybridized carbons (Fsp3) is 0.269. The Labute approximate surface area is 190 Å². The third kappa shape index (κ3) is 6.22. The summed E-state index contributed by atoms with van der Waals surface area (Å²) in [7, 11) is 3.35. The van der Waals surface area contributed by atoms with Gasteiger partial charge in [0, 0.05) is 13.1 Å². The maximum absolute atomic E-state index is 5.83. The molecule has 31 heavy (non-hydrogen) atoms. The average Bonchev–Trinajstić information content (AvgIpc) is 2.80. The number of nitrogens with zero attached hydrogens (tertiary/aromatic N) is 1. The van der Waals surface area contributed by atoms with Crippen LogP contribution in [0.3, 0.4) is 0 Å². The smallest absolute Gasteiger partial charge is 0.174 e. The molecule has 0 saturated heterocycles. The fourth-order valence-corrected chi connectivity index (χ4v) is 3.59. The van der Waals surface area contributed by atoms with Gasteiger partial charge in [0.2, 0.25) is 0 Å². The van der Waals surface area contributed by atoms with Gasteiger partial charge in [-0.3, -0.25) is 0 Å². The van der Waals surface area contributed by atoms with E-state index in [1.165, 1.54) is 11.1 Å². The van der Waals surface area contributed by atoms with Crippen molar-refractivity contribution in [3.63, 3.8) is 0 Å². The number of rotatable bonds is 8. The molecule has 0 bridgehead atoms. The van der Waals surface area contributed by atoms with Crippen LogP contribution >= 0.6 is 12.2 Å². The molecule has 0 atom stereocenters. The first kappa shape index (κ1) is 22.6. The van der Waals surface area contributed by atoms with E-state index in [0.29, 0.717) is 18.2 Å². The number of methoxy groups -OCH3 is 2. The predicted molar refractivity (Wildman–Crippen MR) is 132 cm³/mol. The molecule has 162 valence electrons. The van der Waals surface area contributed by atoms with Crippen molar-refractivity contribution in [2.45, 2.75) is 33.4 Å². The van der Waals surface area contributed by atoms with Crippen molar-refractivity contribution in [1.29, 1.82) is 0 Å². The molecule has 3 aromatic rings. The SMILES string of the molecule is CCc1ccc(CN(Cc2ccc(OC)cc2)C(=S)Nc2ccc(C)cc2OC)cc1. The Hall–Kier alpha value is -3.05. The molecule has 0 fully saturated rings. The van der Waals surface area contributed by atoms with E-state index in [-0.39, 0.29) is 0 Å². The van der Waals surface area contributed by atoms with E-state index in [9.17, 15) is 0 Å². The summed E-state index contributed by atoms with van der Waals surface area (Å²) < 4.78 is 10.8. The van der Waals surface area contributed by atoms with E-state index < -0.39 is 0 Å². The maximum atomic E-state index is 5.83. The molecule has 0 aliphatic rings. The molecule has 0 heterocycles. The largest absolute Gasteiger partial charge is 0.497 e. The van der Waals surface area contributed by atoms with Crippen LogP contribution < -0.4 is 14.8 Å². The summed E-state index contributed by atoms with van der Waals surface area (Å²) >= 11 is 5.83. The summed E-state index contributed by atoms with van der Waals surface area (Å²) in [5.74, 6) is 1.62. The van der Waals surface area contributed by atoms with Crippen LogP contribution in [-0.2, 0) is 19.5 Å². The van der Waals surface area contributed by atoms with Gasteiger partial charge in [-0.2, -0.15) is 0 Å². The molecule has 0 aliphatic carbocycles. The van der Waals surface area contributed by atoms with Gasteiger partial charge < -0.3 is 19.7 Å². The van der Waals surface area contributed by atoms with Gasteiger partial charge in [-0.05, 0) is 72.1 Å². The van der Waals surface area contributed by atoms with E-state index in [0.717, 1.165) is 34.7 Å². The Bertz CT molecular complexity index is 951. The summed E-state index contributed by atoms with van der Waals surface area (Å²) in [5.41, 5.74) is 5.70. The zero-order valence-corrected chi connectivity index (χ0v) is 19.5. The molecule has 4 nitrogen and oxygen atoms in total. The molecule has 0 amide bonds. The Balaban J connectivity index is 1.83. The fourth-order valence-electron chi connectivity index (χ4n) is 3.35. The van der Waals surface area contributed by atoms with Crippen LogP contribution in [0.5, 0.6) is 11.5 Å². The number of aryl methyl sites for hydroxylation is 2. The van der Waals surface area contributed by atoms with Crippen LogP contribution in [0, 0.1) is 6.92 Å². The molecule has 3 aromatic carbocycles. The zero-order valence-electron chi connectivity index (χ0n) is 18.6. The quantitative estimate of drug-likeness (QED) is 0.442. The van der Waals surface area contributed by atoms with Crippen molar-refractivity contribution in [3.8, 4) is 11.5 Å². The average molecular weight is 435 g/mol. The first-order chi connectivity index (χ1) is 15.0. The molecule has 3 rings (SSSR count). The molecular formula is C26H30N2O2S. The lowest BCUT2D eigenvalue weighted by molar-refractivity contribution is 0.405. The van der Waals surface area contributed by atoms with Gasteiger partial charge in [0.25, 0.3) is 0 Å². The number of nitrogens with one attached hydrogen (secondary N) is 1. The van der Waals surface area contributed by atoms with Crippen LogP contribution in [-0.4, -0.2) is 24.2 Å². The van der Waals surface area contributed by atoms with Crippen LogP contribution in [0.15, 0.2) is 66.7 Å². The summed E-state index contributed by atoms with van der Waals surface area (Å²) in [6.45, 7) is 5.59. The van der Waals surface area contributed by atoms with Gasteiger partial charge in [0.1, 0.15) is 11.5 Å². The molecule has 0 aliphatic heterocycles. The minimum atomic E-state index is 0.650. The third-order valence-corrected chi connectivity index (χ3v) is 5.58. The highest BCUT2D eigenvalue weighted by Gasteiger charge is 2.14. The lowest BCUT2D eigenvalue weighted by Gasteiger charge is -2.27. The molecular weight excluding hydrogens is 404 g/mol. The standard InChI is InChI=1S/C26H30N2O2S/c1-5-20-7-9-21(10-8-20)17-28(18-22-11-13-23(29-3)14-12-22)26(31)27-24-15-6-19(2)16-25(24)30-4/h6-16H,5,17-18H2,1-4H3,(H,27,31). The third-order valence-electron chi connectivity index (χ3n) is 5.22. The predicted octanol–water partition coefficient (Wildman–Crippen LogP) is 5.97. The van der Waals surface area contributed by atoms with E-state index >= 15 is 0 Å². The van der Waals surface area contributed by atoms with Crippen molar-refractivity contribution in [2.24, 2.45) is 0 Å². The maximum Gasteiger partial charge on any atom is 0.174 e. The van der Waals surface area contributed by atoms with Crippen LogP contribution in [0.4, 0.5) is 5.69 Å². The normalized spacial score (nSPS) is 10.5. The van der Waals surface area contributed by atoms with Crippen molar-refractivity contribution in [3.05, 3.63) is 89.0 Å². The van der Waals surface area contributed by atoms with Crippen molar-refractivity contribution in [2.75, 3.05) is 19.5 Å². The second-order valence-electron chi connectivity index (χ2n) is 7.51. The van der Waals surface area contributed by atoms with Crippen LogP contribution in [0.2, 0.25) is 0 Å². The van der Waals surface area contributed by atoms with E-state index in [4.69, 9.17) is 21.7 Å².